The summed E-state index contributed by atoms with van der Waals surface area (Å²) in [6.07, 6.45) is 3.56. The highest BCUT2D eigenvalue weighted by Crippen LogP contribution is 2.39. The zero-order valence-electron chi connectivity index (χ0n) is 12.7. The molecule has 3 unspecified atom stereocenters. The Labute approximate surface area is 134 Å². The van der Waals surface area contributed by atoms with Crippen LogP contribution in [0.15, 0.2) is 22.7 Å². The Balaban J connectivity index is 2.16. The van der Waals surface area contributed by atoms with Gasteiger partial charge in [0.2, 0.25) is 0 Å². The number of aliphatic hydroxyl groups excluding tert-OH is 1. The average molecular weight is 359 g/mol. The number of halogens is 2. The third-order valence-electron chi connectivity index (χ3n) is 4.46. The van der Waals surface area contributed by atoms with Crippen LogP contribution in [0.3, 0.4) is 0 Å². The van der Waals surface area contributed by atoms with Crippen LogP contribution in [0, 0.1) is 11.7 Å². The predicted molar refractivity (Wildman–Crippen MR) is 85.8 cm³/mol. The molecule has 0 aliphatic heterocycles. The highest BCUT2D eigenvalue weighted by molar-refractivity contribution is 9.10. The van der Waals surface area contributed by atoms with Crippen molar-refractivity contribution in [3.8, 4) is 0 Å². The Bertz CT molecular complexity index is 476. The van der Waals surface area contributed by atoms with Gasteiger partial charge < -0.3 is 9.84 Å². The van der Waals surface area contributed by atoms with Crippen molar-refractivity contribution >= 4 is 15.9 Å². The van der Waals surface area contributed by atoms with Crippen molar-refractivity contribution in [2.75, 3.05) is 6.61 Å². The molecule has 1 N–H and O–H groups in total. The van der Waals surface area contributed by atoms with Crippen molar-refractivity contribution < 1.29 is 14.2 Å². The van der Waals surface area contributed by atoms with Gasteiger partial charge in [0.1, 0.15) is 5.82 Å². The van der Waals surface area contributed by atoms with Gasteiger partial charge >= 0.3 is 0 Å². The lowest BCUT2D eigenvalue weighted by atomic mass is 9.74. The molecule has 1 fully saturated rings. The van der Waals surface area contributed by atoms with E-state index in [0.29, 0.717) is 29.0 Å². The molecular formula is C17H24BrFO2. The normalized spacial score (nSPS) is 27.6. The van der Waals surface area contributed by atoms with Crippen molar-refractivity contribution in [1.82, 2.24) is 0 Å². The van der Waals surface area contributed by atoms with E-state index in [9.17, 15) is 9.50 Å². The average Bonchev–Trinajstić information content (AvgIpc) is 2.42. The fraction of sp³-hybridized carbons (Fsp3) is 0.647. The van der Waals surface area contributed by atoms with E-state index in [2.05, 4.69) is 22.9 Å². The van der Waals surface area contributed by atoms with Gasteiger partial charge in [-0.1, -0.05) is 41.8 Å². The lowest BCUT2D eigenvalue weighted by Crippen LogP contribution is -2.49. The quantitative estimate of drug-likeness (QED) is 0.840. The van der Waals surface area contributed by atoms with Crippen LogP contribution >= 0.6 is 15.9 Å². The van der Waals surface area contributed by atoms with Crippen molar-refractivity contribution in [2.45, 2.75) is 57.7 Å². The molecule has 1 aromatic rings. The molecule has 1 aliphatic carbocycles. The van der Waals surface area contributed by atoms with Gasteiger partial charge in [-0.05, 0) is 43.4 Å². The largest absolute Gasteiger partial charge is 0.390 e. The second kappa shape index (κ2) is 7.21. The van der Waals surface area contributed by atoms with E-state index in [-0.39, 0.29) is 5.82 Å². The number of ether oxygens (including phenoxy) is 1. The fourth-order valence-electron chi connectivity index (χ4n) is 3.44. The van der Waals surface area contributed by atoms with Crippen molar-refractivity contribution in [3.63, 3.8) is 0 Å². The molecule has 1 aromatic carbocycles. The van der Waals surface area contributed by atoms with Gasteiger partial charge in [-0.2, -0.15) is 0 Å². The topological polar surface area (TPSA) is 29.5 Å². The van der Waals surface area contributed by atoms with Crippen LogP contribution in [0.4, 0.5) is 4.39 Å². The SMILES string of the molecule is CCOC1(C(O)Cc2ccc(Br)cc2F)CCCC(C)C1. The van der Waals surface area contributed by atoms with Crippen molar-refractivity contribution in [2.24, 2.45) is 5.92 Å². The maximum atomic E-state index is 14.0. The third kappa shape index (κ3) is 4.05. The van der Waals surface area contributed by atoms with Gasteiger partial charge in [0.25, 0.3) is 0 Å². The summed E-state index contributed by atoms with van der Waals surface area (Å²) >= 11 is 3.26. The Morgan fingerprint density at radius 1 is 1.52 bits per heavy atom. The lowest BCUT2D eigenvalue weighted by molar-refractivity contribution is -0.147. The van der Waals surface area contributed by atoms with E-state index in [1.54, 1.807) is 6.07 Å². The van der Waals surface area contributed by atoms with Gasteiger partial charge in [0, 0.05) is 17.5 Å². The molecule has 0 saturated heterocycles. The smallest absolute Gasteiger partial charge is 0.127 e. The van der Waals surface area contributed by atoms with Crippen LogP contribution in [-0.2, 0) is 11.2 Å². The van der Waals surface area contributed by atoms with Crippen LogP contribution < -0.4 is 0 Å². The molecule has 1 saturated carbocycles. The second-order valence-electron chi connectivity index (χ2n) is 6.15. The first-order chi connectivity index (χ1) is 9.97. The molecule has 21 heavy (non-hydrogen) atoms. The first kappa shape index (κ1) is 16.9. The van der Waals surface area contributed by atoms with Crippen LogP contribution in [0.2, 0.25) is 0 Å². The Hall–Kier alpha value is -0.450. The summed E-state index contributed by atoms with van der Waals surface area (Å²) in [5, 5.41) is 10.7. The first-order valence-corrected chi connectivity index (χ1v) is 8.52. The Morgan fingerprint density at radius 2 is 2.29 bits per heavy atom. The van der Waals surface area contributed by atoms with Gasteiger partial charge in [0.15, 0.2) is 0 Å². The van der Waals surface area contributed by atoms with Gasteiger partial charge in [0.05, 0.1) is 11.7 Å². The van der Waals surface area contributed by atoms with Crippen LogP contribution in [0.5, 0.6) is 0 Å². The molecule has 2 nitrogen and oxygen atoms in total. The Morgan fingerprint density at radius 3 is 2.90 bits per heavy atom. The zero-order chi connectivity index (χ0) is 15.5. The van der Waals surface area contributed by atoms with E-state index in [1.807, 2.05) is 13.0 Å². The molecule has 0 bridgehead atoms. The highest BCUT2D eigenvalue weighted by atomic mass is 79.9. The van der Waals surface area contributed by atoms with Crippen LogP contribution in [0.1, 0.15) is 45.1 Å². The molecule has 0 heterocycles. The van der Waals surface area contributed by atoms with Gasteiger partial charge in [-0.25, -0.2) is 4.39 Å². The monoisotopic (exact) mass is 358 g/mol. The second-order valence-corrected chi connectivity index (χ2v) is 7.07. The summed E-state index contributed by atoms with van der Waals surface area (Å²) in [5.74, 6) is 0.258. The molecule has 0 aromatic heterocycles. The standard InChI is InChI=1S/C17H24BrFO2/c1-3-21-17(8-4-5-12(2)11-17)16(20)9-13-6-7-14(18)10-15(13)19/h6-7,10,12,16,20H,3-5,8-9,11H2,1-2H3. The number of benzene rings is 1. The van der Waals surface area contributed by atoms with Crippen LogP contribution in [-0.4, -0.2) is 23.4 Å². The third-order valence-corrected chi connectivity index (χ3v) is 4.95. The van der Waals surface area contributed by atoms with E-state index in [0.717, 1.165) is 19.3 Å². The summed E-state index contributed by atoms with van der Waals surface area (Å²) in [6, 6.07) is 4.98. The predicted octanol–water partition coefficient (Wildman–Crippen LogP) is 4.48. The molecule has 2 rings (SSSR count). The van der Waals surface area contributed by atoms with E-state index in [4.69, 9.17) is 4.74 Å². The first-order valence-electron chi connectivity index (χ1n) is 7.73. The summed E-state index contributed by atoms with van der Waals surface area (Å²) in [7, 11) is 0. The van der Waals surface area contributed by atoms with E-state index in [1.165, 1.54) is 12.5 Å². The number of hydrogen-bond donors (Lipinski definition) is 1. The molecule has 1 aliphatic rings. The van der Waals surface area contributed by atoms with Gasteiger partial charge in [-0.3, -0.25) is 0 Å². The number of rotatable bonds is 5. The molecular weight excluding hydrogens is 335 g/mol. The molecule has 4 heteroatoms. The molecule has 118 valence electrons. The molecule has 0 radical (unpaired) electrons. The molecule has 0 amide bonds. The molecule has 0 spiro atoms. The maximum absolute atomic E-state index is 14.0. The minimum absolute atomic E-state index is 0.279. The summed E-state index contributed by atoms with van der Waals surface area (Å²) in [5.41, 5.74) is 0.0226. The summed E-state index contributed by atoms with van der Waals surface area (Å²) in [6.45, 7) is 4.72. The Kier molecular flexibility index (Phi) is 5.81. The summed E-state index contributed by atoms with van der Waals surface area (Å²) in [4.78, 5) is 0. The van der Waals surface area contributed by atoms with Crippen molar-refractivity contribution in [3.05, 3.63) is 34.1 Å². The number of aliphatic hydroxyl groups is 1. The maximum Gasteiger partial charge on any atom is 0.127 e. The number of hydrogen-bond acceptors (Lipinski definition) is 2. The fourth-order valence-corrected chi connectivity index (χ4v) is 3.78. The van der Waals surface area contributed by atoms with Crippen LogP contribution in [0.25, 0.3) is 0 Å². The molecule has 3 atom stereocenters. The highest BCUT2D eigenvalue weighted by Gasteiger charge is 2.42. The minimum atomic E-state index is -0.670. The zero-order valence-corrected chi connectivity index (χ0v) is 14.3. The van der Waals surface area contributed by atoms with E-state index >= 15 is 0 Å². The lowest BCUT2D eigenvalue weighted by Gasteiger charge is -2.43. The van der Waals surface area contributed by atoms with Crippen molar-refractivity contribution in [1.29, 1.82) is 0 Å². The minimum Gasteiger partial charge on any atom is -0.390 e. The summed E-state index contributed by atoms with van der Waals surface area (Å²) < 4.78 is 20.7. The van der Waals surface area contributed by atoms with E-state index < -0.39 is 11.7 Å². The van der Waals surface area contributed by atoms with Gasteiger partial charge in [-0.15, -0.1) is 0 Å².